The normalized spacial score (nSPS) is 12.0. The van der Waals surface area contributed by atoms with E-state index in [1.54, 1.807) is 26.0 Å². The summed E-state index contributed by atoms with van der Waals surface area (Å²) in [7, 11) is -3.30. The number of azo groups is 1. The molecule has 0 amide bonds. The number of phenolic OH excluding ortho intramolecular Hbond substituents is 1. The molecule has 0 radical (unpaired) electrons. The van der Waals surface area contributed by atoms with E-state index in [-0.39, 0.29) is 25.1 Å². The van der Waals surface area contributed by atoms with Gasteiger partial charge in [0.15, 0.2) is 0 Å². The van der Waals surface area contributed by atoms with E-state index in [0.717, 1.165) is 11.3 Å². The molecule has 0 aliphatic rings. The van der Waals surface area contributed by atoms with Gasteiger partial charge in [-0.3, -0.25) is 4.57 Å². The van der Waals surface area contributed by atoms with Crippen molar-refractivity contribution in [2.24, 2.45) is 10.2 Å². The first-order valence-electron chi connectivity index (χ1n) is 8.14. The molecule has 7 heteroatoms. The minimum atomic E-state index is -3.30. The van der Waals surface area contributed by atoms with E-state index in [1.807, 2.05) is 31.2 Å². The molecule has 0 aromatic heterocycles. The molecule has 0 saturated heterocycles. The van der Waals surface area contributed by atoms with Gasteiger partial charge < -0.3 is 14.2 Å². The number of hydrogen-bond acceptors (Lipinski definition) is 6. The van der Waals surface area contributed by atoms with Crippen LogP contribution < -0.4 is 0 Å². The van der Waals surface area contributed by atoms with Gasteiger partial charge in [0.25, 0.3) is 0 Å². The van der Waals surface area contributed by atoms with Gasteiger partial charge in [-0.2, -0.15) is 10.2 Å². The molecule has 1 N–H and O–H groups in total. The maximum absolute atomic E-state index is 12.6. The standard InChI is InChI=1S/C18H23N2O4P/c1-4-23-25(22,24-5-2)13-15-12-17(10-11-18(15)21)20-19-16-8-6-14(3)7-9-16/h6-12,21H,4-5,13H2,1-3H3. The fourth-order valence-electron chi connectivity index (χ4n) is 2.22. The van der Waals surface area contributed by atoms with Gasteiger partial charge in [0.1, 0.15) is 5.75 Å². The van der Waals surface area contributed by atoms with Crippen LogP contribution in [0, 0.1) is 6.92 Å². The lowest BCUT2D eigenvalue weighted by Gasteiger charge is -2.17. The van der Waals surface area contributed by atoms with Crippen molar-refractivity contribution in [1.82, 2.24) is 0 Å². The van der Waals surface area contributed by atoms with Crippen molar-refractivity contribution in [3.63, 3.8) is 0 Å². The summed E-state index contributed by atoms with van der Waals surface area (Å²) in [6.45, 7) is 6.04. The van der Waals surface area contributed by atoms with Crippen molar-refractivity contribution >= 4 is 19.0 Å². The van der Waals surface area contributed by atoms with E-state index in [9.17, 15) is 9.67 Å². The van der Waals surface area contributed by atoms with Crippen molar-refractivity contribution in [2.45, 2.75) is 26.9 Å². The van der Waals surface area contributed by atoms with Crippen LogP contribution in [0.4, 0.5) is 11.4 Å². The molecule has 134 valence electrons. The third-order valence-electron chi connectivity index (χ3n) is 3.39. The molecule has 0 heterocycles. The van der Waals surface area contributed by atoms with Gasteiger partial charge >= 0.3 is 7.60 Å². The molecule has 0 saturated carbocycles. The number of aromatic hydroxyl groups is 1. The van der Waals surface area contributed by atoms with Crippen LogP contribution in [0.3, 0.4) is 0 Å². The molecule has 2 aromatic carbocycles. The third-order valence-corrected chi connectivity index (χ3v) is 5.42. The number of benzene rings is 2. The Balaban J connectivity index is 2.21. The number of aryl methyl sites for hydroxylation is 1. The van der Waals surface area contributed by atoms with Crippen LogP contribution in [0.2, 0.25) is 0 Å². The second kappa shape index (κ2) is 8.90. The fraction of sp³-hybridized carbons (Fsp3) is 0.333. The Kier molecular flexibility index (Phi) is 6.88. The van der Waals surface area contributed by atoms with E-state index in [4.69, 9.17) is 9.05 Å². The monoisotopic (exact) mass is 362 g/mol. The Hall–Kier alpha value is -2.01. The van der Waals surface area contributed by atoms with Gasteiger partial charge in [-0.25, -0.2) is 0 Å². The topological polar surface area (TPSA) is 80.5 Å². The molecule has 0 bridgehead atoms. The SMILES string of the molecule is CCOP(=O)(Cc1cc(N=Nc2ccc(C)cc2)ccc1O)OCC. The minimum absolute atomic E-state index is 0.0194. The molecule has 0 unspecified atom stereocenters. The Bertz CT molecular complexity index is 765. The smallest absolute Gasteiger partial charge is 0.335 e. The highest BCUT2D eigenvalue weighted by molar-refractivity contribution is 7.53. The van der Waals surface area contributed by atoms with Crippen LogP contribution >= 0.6 is 7.60 Å². The number of hydrogen-bond donors (Lipinski definition) is 1. The largest absolute Gasteiger partial charge is 0.508 e. The second-order valence-electron chi connectivity index (χ2n) is 5.45. The van der Waals surface area contributed by atoms with Gasteiger partial charge in [-0.15, -0.1) is 0 Å². The van der Waals surface area contributed by atoms with Gasteiger partial charge in [0.2, 0.25) is 0 Å². The zero-order valence-electron chi connectivity index (χ0n) is 14.7. The predicted molar refractivity (Wildman–Crippen MR) is 98.0 cm³/mol. The number of nitrogens with zero attached hydrogens (tertiary/aromatic N) is 2. The number of phenols is 1. The highest BCUT2D eigenvalue weighted by Crippen LogP contribution is 2.52. The van der Waals surface area contributed by atoms with Gasteiger partial charge in [-0.1, -0.05) is 17.7 Å². The molecule has 25 heavy (non-hydrogen) atoms. The van der Waals surface area contributed by atoms with E-state index >= 15 is 0 Å². The fourth-order valence-corrected chi connectivity index (χ4v) is 3.93. The lowest BCUT2D eigenvalue weighted by atomic mass is 10.2. The highest BCUT2D eigenvalue weighted by atomic mass is 31.2. The van der Waals surface area contributed by atoms with Crippen molar-refractivity contribution in [3.8, 4) is 5.75 Å². The molecule has 0 aliphatic carbocycles. The molecule has 6 nitrogen and oxygen atoms in total. The average molecular weight is 362 g/mol. The summed E-state index contributed by atoms with van der Waals surface area (Å²) in [5.74, 6) is 0.0221. The van der Waals surface area contributed by atoms with E-state index in [2.05, 4.69) is 10.2 Å². The summed E-state index contributed by atoms with van der Waals surface area (Å²) in [6.07, 6.45) is -0.0194. The summed E-state index contributed by atoms with van der Waals surface area (Å²) >= 11 is 0. The van der Waals surface area contributed by atoms with Crippen molar-refractivity contribution in [3.05, 3.63) is 53.6 Å². The van der Waals surface area contributed by atoms with Crippen molar-refractivity contribution in [2.75, 3.05) is 13.2 Å². The Morgan fingerprint density at radius 1 is 0.960 bits per heavy atom. The lowest BCUT2D eigenvalue weighted by molar-refractivity contribution is 0.219. The van der Waals surface area contributed by atoms with Gasteiger partial charge in [-0.05, 0) is 51.1 Å². The first-order chi connectivity index (χ1) is 12.0. The maximum Gasteiger partial charge on any atom is 0.335 e. The van der Waals surface area contributed by atoms with Crippen LogP contribution in [-0.2, 0) is 19.8 Å². The maximum atomic E-state index is 12.6. The molecule has 0 spiro atoms. The van der Waals surface area contributed by atoms with E-state index < -0.39 is 7.60 Å². The highest BCUT2D eigenvalue weighted by Gasteiger charge is 2.25. The molecule has 2 aromatic rings. The molecule has 0 atom stereocenters. The van der Waals surface area contributed by atoms with Crippen LogP contribution in [0.1, 0.15) is 25.0 Å². The van der Waals surface area contributed by atoms with Crippen molar-refractivity contribution in [1.29, 1.82) is 0 Å². The Morgan fingerprint density at radius 2 is 1.52 bits per heavy atom. The summed E-state index contributed by atoms with van der Waals surface area (Å²) in [5, 5.41) is 18.4. The average Bonchev–Trinajstić information content (AvgIpc) is 2.57. The second-order valence-corrected chi connectivity index (χ2v) is 7.51. The molecule has 0 aliphatic heterocycles. The van der Waals surface area contributed by atoms with Crippen LogP contribution in [-0.4, -0.2) is 18.3 Å². The number of rotatable bonds is 8. The summed E-state index contributed by atoms with van der Waals surface area (Å²) in [6, 6.07) is 12.4. The minimum Gasteiger partial charge on any atom is -0.508 e. The van der Waals surface area contributed by atoms with E-state index in [0.29, 0.717) is 11.3 Å². The summed E-state index contributed by atoms with van der Waals surface area (Å²) < 4.78 is 23.2. The van der Waals surface area contributed by atoms with Gasteiger partial charge in [0.05, 0.1) is 30.8 Å². The molecule has 0 fully saturated rings. The van der Waals surface area contributed by atoms with Crippen LogP contribution in [0.25, 0.3) is 0 Å². The lowest BCUT2D eigenvalue weighted by Crippen LogP contribution is -1.99. The zero-order valence-corrected chi connectivity index (χ0v) is 15.6. The van der Waals surface area contributed by atoms with Crippen LogP contribution in [0.5, 0.6) is 5.75 Å². The molecule has 2 rings (SSSR count). The zero-order chi connectivity index (χ0) is 18.3. The van der Waals surface area contributed by atoms with E-state index in [1.165, 1.54) is 6.07 Å². The molecular formula is C18H23N2O4P. The van der Waals surface area contributed by atoms with Crippen LogP contribution in [0.15, 0.2) is 52.7 Å². The first kappa shape index (κ1) is 19.3. The molecular weight excluding hydrogens is 339 g/mol. The Morgan fingerprint density at radius 3 is 2.12 bits per heavy atom. The quantitative estimate of drug-likeness (QED) is 0.469. The first-order valence-corrected chi connectivity index (χ1v) is 9.87. The predicted octanol–water partition coefficient (Wildman–Crippen LogP) is 5.88. The summed E-state index contributed by atoms with van der Waals surface area (Å²) in [5.41, 5.74) is 2.88. The summed E-state index contributed by atoms with van der Waals surface area (Å²) in [4.78, 5) is 0. The van der Waals surface area contributed by atoms with Gasteiger partial charge in [0, 0.05) is 5.56 Å². The van der Waals surface area contributed by atoms with Crippen molar-refractivity contribution < 1.29 is 18.7 Å². The Labute approximate surface area is 148 Å². The third kappa shape index (κ3) is 5.78.